The number of ether oxygens (including phenoxy) is 1. The van der Waals surface area contributed by atoms with Crippen LogP contribution in [0.1, 0.15) is 38.1 Å². The molecule has 0 aromatic carbocycles. The third kappa shape index (κ3) is 4.34. The Morgan fingerprint density at radius 1 is 1.30 bits per heavy atom. The van der Waals surface area contributed by atoms with Crippen LogP contribution in [0.4, 0.5) is 10.5 Å². The molecule has 2 rings (SSSR count). The molecular weight excluding hydrogens is 298 g/mol. The van der Waals surface area contributed by atoms with Gasteiger partial charge in [-0.1, -0.05) is 0 Å². The maximum absolute atomic E-state index is 12.1. The molecule has 1 amide bonds. The second kappa shape index (κ2) is 6.44. The first-order valence-electron chi connectivity index (χ1n) is 7.60. The first-order valence-corrected chi connectivity index (χ1v) is 7.60. The second-order valence-electron chi connectivity index (χ2n) is 6.71. The van der Waals surface area contributed by atoms with Gasteiger partial charge in [0, 0.05) is 31.9 Å². The van der Waals surface area contributed by atoms with Crippen molar-refractivity contribution < 1.29 is 19.4 Å². The Hall–Kier alpha value is -2.31. The van der Waals surface area contributed by atoms with E-state index in [9.17, 15) is 9.59 Å². The van der Waals surface area contributed by atoms with Gasteiger partial charge in [-0.25, -0.2) is 9.59 Å². The highest BCUT2D eigenvalue weighted by Gasteiger charge is 2.30. The first-order chi connectivity index (χ1) is 10.7. The molecule has 1 aliphatic heterocycles. The summed E-state index contributed by atoms with van der Waals surface area (Å²) in [4.78, 5) is 30.9. The fourth-order valence-corrected chi connectivity index (χ4v) is 2.54. The summed E-state index contributed by atoms with van der Waals surface area (Å²) < 4.78 is 5.40. The van der Waals surface area contributed by atoms with Gasteiger partial charge in [-0.15, -0.1) is 0 Å². The third-order valence-electron chi connectivity index (χ3n) is 3.58. The number of carboxylic acids is 1. The smallest absolute Gasteiger partial charge is 0.410 e. The zero-order valence-electron chi connectivity index (χ0n) is 13.9. The molecule has 2 heterocycles. The Morgan fingerprint density at radius 3 is 2.57 bits per heavy atom. The average molecular weight is 321 g/mol. The molecule has 7 nitrogen and oxygen atoms in total. The minimum atomic E-state index is -1.00. The lowest BCUT2D eigenvalue weighted by Crippen LogP contribution is -2.54. The van der Waals surface area contributed by atoms with Crippen LogP contribution in [-0.4, -0.2) is 58.3 Å². The lowest BCUT2D eigenvalue weighted by atomic mass is 10.1. The van der Waals surface area contributed by atoms with Crippen LogP contribution < -0.4 is 4.90 Å². The molecule has 0 unspecified atom stereocenters. The lowest BCUT2D eigenvalue weighted by Gasteiger charge is -2.41. The molecule has 0 spiro atoms. The summed E-state index contributed by atoms with van der Waals surface area (Å²) in [5.74, 6) is -1.00. The van der Waals surface area contributed by atoms with Crippen LogP contribution >= 0.6 is 0 Å². The van der Waals surface area contributed by atoms with Crippen molar-refractivity contribution in [3.05, 3.63) is 24.0 Å². The summed E-state index contributed by atoms with van der Waals surface area (Å²) in [6.45, 7) is 9.16. The van der Waals surface area contributed by atoms with Gasteiger partial charge in [0.15, 0.2) is 0 Å². The van der Waals surface area contributed by atoms with E-state index in [1.165, 1.54) is 6.20 Å². The van der Waals surface area contributed by atoms with Gasteiger partial charge < -0.3 is 19.6 Å². The van der Waals surface area contributed by atoms with Crippen LogP contribution in [0.25, 0.3) is 0 Å². The largest absolute Gasteiger partial charge is 0.478 e. The monoisotopic (exact) mass is 321 g/mol. The van der Waals surface area contributed by atoms with Gasteiger partial charge in [-0.3, -0.25) is 4.98 Å². The highest BCUT2D eigenvalue weighted by Crippen LogP contribution is 2.22. The number of anilines is 1. The molecule has 1 N–H and O–H groups in total. The number of carbonyl (C=O) groups is 2. The molecule has 1 aromatic heterocycles. The normalized spacial score (nSPS) is 18.7. The molecule has 1 fully saturated rings. The van der Waals surface area contributed by atoms with E-state index in [-0.39, 0.29) is 17.7 Å². The van der Waals surface area contributed by atoms with E-state index in [1.54, 1.807) is 17.2 Å². The van der Waals surface area contributed by atoms with E-state index in [1.807, 2.05) is 27.7 Å². The fraction of sp³-hybridized carbons (Fsp3) is 0.562. The zero-order valence-corrected chi connectivity index (χ0v) is 13.9. The van der Waals surface area contributed by atoms with Gasteiger partial charge in [0.05, 0.1) is 17.4 Å². The van der Waals surface area contributed by atoms with Crippen molar-refractivity contribution in [2.45, 2.75) is 39.3 Å². The molecule has 126 valence electrons. The highest BCUT2D eigenvalue weighted by molar-refractivity contribution is 5.88. The number of aromatic carboxylic acids is 1. The van der Waals surface area contributed by atoms with Crippen molar-refractivity contribution in [2.75, 3.05) is 24.5 Å². The molecule has 1 aromatic rings. The summed E-state index contributed by atoms with van der Waals surface area (Å²) in [7, 11) is 0. The first kappa shape index (κ1) is 17.1. The molecule has 1 aliphatic rings. The minimum Gasteiger partial charge on any atom is -0.478 e. The van der Waals surface area contributed by atoms with Gasteiger partial charge in [0.1, 0.15) is 5.60 Å². The van der Waals surface area contributed by atoms with Gasteiger partial charge in [-0.2, -0.15) is 0 Å². The Labute approximate surface area is 135 Å². The van der Waals surface area contributed by atoms with Crippen LogP contribution in [-0.2, 0) is 4.74 Å². The number of carbonyl (C=O) groups excluding carboxylic acids is 1. The minimum absolute atomic E-state index is 0.0436. The van der Waals surface area contributed by atoms with Gasteiger partial charge in [0.2, 0.25) is 0 Å². The number of pyridine rings is 1. The van der Waals surface area contributed by atoms with Gasteiger partial charge >= 0.3 is 12.1 Å². The standard InChI is InChI=1S/C16H23N3O4/c1-11-10-18(15(22)23-16(2,3)4)5-6-19(11)13-7-12(14(20)21)8-17-9-13/h7-9,11H,5-6,10H2,1-4H3,(H,20,21)/t11-/m0/s1. The maximum atomic E-state index is 12.1. The molecule has 7 heteroatoms. The number of rotatable bonds is 2. The van der Waals surface area contributed by atoms with Gasteiger partial charge in [-0.05, 0) is 33.8 Å². The number of hydrogen-bond acceptors (Lipinski definition) is 5. The van der Waals surface area contributed by atoms with Crippen LogP contribution in [0, 0.1) is 0 Å². The number of aromatic nitrogens is 1. The van der Waals surface area contributed by atoms with Crippen LogP contribution in [0.3, 0.4) is 0 Å². The van der Waals surface area contributed by atoms with Gasteiger partial charge in [0.25, 0.3) is 0 Å². The fourth-order valence-electron chi connectivity index (χ4n) is 2.54. The van der Waals surface area contributed by atoms with Crippen LogP contribution in [0.2, 0.25) is 0 Å². The maximum Gasteiger partial charge on any atom is 0.410 e. The molecule has 0 bridgehead atoms. The molecule has 1 saturated heterocycles. The Kier molecular flexibility index (Phi) is 4.77. The quantitative estimate of drug-likeness (QED) is 0.899. The molecule has 23 heavy (non-hydrogen) atoms. The average Bonchev–Trinajstić information content (AvgIpc) is 2.45. The molecule has 0 aliphatic carbocycles. The summed E-state index contributed by atoms with van der Waals surface area (Å²) in [5.41, 5.74) is 0.391. The van der Waals surface area contributed by atoms with Crippen molar-refractivity contribution in [1.29, 1.82) is 0 Å². The summed E-state index contributed by atoms with van der Waals surface area (Å²) in [6, 6.07) is 1.65. The van der Waals surface area contributed by atoms with Crippen molar-refractivity contribution in [3.8, 4) is 0 Å². The Bertz CT molecular complexity index is 597. The Morgan fingerprint density at radius 2 is 2.00 bits per heavy atom. The van der Waals surface area contributed by atoms with E-state index in [0.717, 1.165) is 5.69 Å². The van der Waals surface area contributed by atoms with Crippen molar-refractivity contribution in [3.63, 3.8) is 0 Å². The number of amides is 1. The Balaban J connectivity index is 2.06. The SMILES string of the molecule is C[C@H]1CN(C(=O)OC(C)(C)C)CCN1c1cncc(C(=O)O)c1. The summed E-state index contributed by atoms with van der Waals surface area (Å²) >= 11 is 0. The van der Waals surface area contributed by atoms with E-state index in [4.69, 9.17) is 9.84 Å². The highest BCUT2D eigenvalue weighted by atomic mass is 16.6. The topological polar surface area (TPSA) is 83.0 Å². The van der Waals surface area contributed by atoms with E-state index < -0.39 is 11.6 Å². The van der Waals surface area contributed by atoms with Crippen LogP contribution in [0.15, 0.2) is 18.5 Å². The van der Waals surface area contributed by atoms with E-state index in [2.05, 4.69) is 9.88 Å². The third-order valence-corrected chi connectivity index (χ3v) is 3.58. The summed E-state index contributed by atoms with van der Waals surface area (Å²) in [6.07, 6.45) is 2.65. The zero-order chi connectivity index (χ0) is 17.2. The number of nitrogens with zero attached hydrogens (tertiary/aromatic N) is 3. The number of hydrogen-bond donors (Lipinski definition) is 1. The van der Waals surface area contributed by atoms with Crippen molar-refractivity contribution >= 4 is 17.7 Å². The van der Waals surface area contributed by atoms with Crippen LogP contribution in [0.5, 0.6) is 0 Å². The number of carboxylic acid groups (broad SMARTS) is 1. The predicted molar refractivity (Wildman–Crippen MR) is 85.8 cm³/mol. The van der Waals surface area contributed by atoms with Crippen molar-refractivity contribution in [1.82, 2.24) is 9.88 Å². The molecule has 0 radical (unpaired) electrons. The lowest BCUT2D eigenvalue weighted by molar-refractivity contribution is 0.0218. The predicted octanol–water partition coefficient (Wildman–Crippen LogP) is 2.23. The molecular formula is C16H23N3O4. The molecule has 0 saturated carbocycles. The molecule has 1 atom stereocenters. The van der Waals surface area contributed by atoms with Crippen molar-refractivity contribution in [2.24, 2.45) is 0 Å². The van der Waals surface area contributed by atoms with E-state index >= 15 is 0 Å². The van der Waals surface area contributed by atoms with E-state index in [0.29, 0.717) is 19.6 Å². The summed E-state index contributed by atoms with van der Waals surface area (Å²) in [5, 5.41) is 9.07. The second-order valence-corrected chi connectivity index (χ2v) is 6.71. The number of piperazine rings is 1.